The average molecular weight is 241 g/mol. The first kappa shape index (κ1) is 11.7. The van der Waals surface area contributed by atoms with Crippen LogP contribution in [0.5, 0.6) is 0 Å². The molecule has 1 aliphatic rings. The molecule has 0 aliphatic carbocycles. The predicted molar refractivity (Wildman–Crippen MR) is 66.9 cm³/mol. The van der Waals surface area contributed by atoms with Crippen molar-refractivity contribution in [3.8, 4) is 0 Å². The number of nitrogens with two attached hydrogens (primary N) is 1. The zero-order valence-corrected chi connectivity index (χ0v) is 9.96. The summed E-state index contributed by atoms with van der Waals surface area (Å²) in [7, 11) is 0. The SMILES string of the molecule is NCC1(Nc2ccc(Cl)cc2)CCCOC1. The van der Waals surface area contributed by atoms with Crippen molar-refractivity contribution in [2.24, 2.45) is 5.73 Å². The fourth-order valence-electron chi connectivity index (χ4n) is 2.00. The number of benzene rings is 1. The zero-order chi connectivity index (χ0) is 11.4. The van der Waals surface area contributed by atoms with E-state index in [1.807, 2.05) is 24.3 Å². The summed E-state index contributed by atoms with van der Waals surface area (Å²) in [5.74, 6) is 0. The molecule has 88 valence electrons. The molecule has 4 heteroatoms. The maximum Gasteiger partial charge on any atom is 0.0729 e. The molecule has 1 aromatic rings. The largest absolute Gasteiger partial charge is 0.379 e. The van der Waals surface area contributed by atoms with Crippen LogP contribution in [0.4, 0.5) is 5.69 Å². The Kier molecular flexibility index (Phi) is 3.69. The van der Waals surface area contributed by atoms with Gasteiger partial charge < -0.3 is 15.8 Å². The minimum absolute atomic E-state index is 0.119. The topological polar surface area (TPSA) is 47.3 Å². The zero-order valence-electron chi connectivity index (χ0n) is 9.21. The first-order chi connectivity index (χ1) is 7.74. The lowest BCUT2D eigenvalue weighted by atomic mass is 9.92. The third-order valence-electron chi connectivity index (χ3n) is 2.97. The van der Waals surface area contributed by atoms with Gasteiger partial charge in [-0.3, -0.25) is 0 Å². The third-order valence-corrected chi connectivity index (χ3v) is 3.22. The normalized spacial score (nSPS) is 25.4. The first-order valence-electron chi connectivity index (χ1n) is 5.56. The van der Waals surface area contributed by atoms with E-state index in [-0.39, 0.29) is 5.54 Å². The van der Waals surface area contributed by atoms with Crippen molar-refractivity contribution in [1.29, 1.82) is 0 Å². The molecule has 1 fully saturated rings. The van der Waals surface area contributed by atoms with Gasteiger partial charge in [0.1, 0.15) is 0 Å². The van der Waals surface area contributed by atoms with Gasteiger partial charge in [-0.2, -0.15) is 0 Å². The Hall–Kier alpha value is -0.770. The van der Waals surface area contributed by atoms with Crippen molar-refractivity contribution < 1.29 is 4.74 Å². The van der Waals surface area contributed by atoms with Crippen LogP contribution in [0.25, 0.3) is 0 Å². The standard InChI is InChI=1S/C12H17ClN2O/c13-10-2-4-11(5-3-10)15-12(8-14)6-1-7-16-9-12/h2-5,15H,1,6-9,14H2. The highest BCUT2D eigenvalue weighted by Crippen LogP contribution is 2.24. The van der Waals surface area contributed by atoms with Gasteiger partial charge in [-0.25, -0.2) is 0 Å². The van der Waals surface area contributed by atoms with Crippen molar-refractivity contribution in [3.63, 3.8) is 0 Å². The molecular formula is C12H17ClN2O. The van der Waals surface area contributed by atoms with Gasteiger partial charge in [-0.05, 0) is 37.1 Å². The van der Waals surface area contributed by atoms with Gasteiger partial charge in [0, 0.05) is 23.9 Å². The van der Waals surface area contributed by atoms with E-state index in [1.165, 1.54) is 0 Å². The molecule has 3 nitrogen and oxygen atoms in total. The second-order valence-electron chi connectivity index (χ2n) is 4.27. The maximum absolute atomic E-state index is 5.85. The number of hydrogen-bond donors (Lipinski definition) is 2. The van der Waals surface area contributed by atoms with Gasteiger partial charge in [0.2, 0.25) is 0 Å². The lowest BCUT2D eigenvalue weighted by Gasteiger charge is -2.37. The van der Waals surface area contributed by atoms with E-state index in [0.29, 0.717) is 13.2 Å². The van der Waals surface area contributed by atoms with E-state index in [2.05, 4.69) is 5.32 Å². The lowest BCUT2D eigenvalue weighted by Crippen LogP contribution is -2.51. The number of hydrogen-bond acceptors (Lipinski definition) is 3. The van der Waals surface area contributed by atoms with E-state index < -0.39 is 0 Å². The van der Waals surface area contributed by atoms with E-state index in [9.17, 15) is 0 Å². The number of ether oxygens (including phenoxy) is 1. The maximum atomic E-state index is 5.85. The number of halogens is 1. The molecule has 0 bridgehead atoms. The summed E-state index contributed by atoms with van der Waals surface area (Å²) in [5.41, 5.74) is 6.77. The molecule has 1 aromatic carbocycles. The highest BCUT2D eigenvalue weighted by Gasteiger charge is 2.31. The van der Waals surface area contributed by atoms with Crippen molar-refractivity contribution in [2.45, 2.75) is 18.4 Å². The van der Waals surface area contributed by atoms with Gasteiger partial charge in [0.25, 0.3) is 0 Å². The van der Waals surface area contributed by atoms with Crippen LogP contribution in [0.1, 0.15) is 12.8 Å². The van der Waals surface area contributed by atoms with E-state index in [1.54, 1.807) is 0 Å². The molecule has 1 aliphatic heterocycles. The highest BCUT2D eigenvalue weighted by atomic mass is 35.5. The van der Waals surface area contributed by atoms with Crippen molar-refractivity contribution in [3.05, 3.63) is 29.3 Å². The van der Waals surface area contributed by atoms with Crippen molar-refractivity contribution in [1.82, 2.24) is 0 Å². The smallest absolute Gasteiger partial charge is 0.0729 e. The van der Waals surface area contributed by atoms with Gasteiger partial charge in [0.05, 0.1) is 12.1 Å². The molecule has 0 saturated carbocycles. The third kappa shape index (κ3) is 2.67. The minimum Gasteiger partial charge on any atom is -0.379 e. The monoisotopic (exact) mass is 240 g/mol. The lowest BCUT2D eigenvalue weighted by molar-refractivity contribution is 0.0502. The van der Waals surface area contributed by atoms with Crippen molar-refractivity contribution in [2.75, 3.05) is 25.1 Å². The van der Waals surface area contributed by atoms with E-state index in [4.69, 9.17) is 22.1 Å². The molecule has 16 heavy (non-hydrogen) atoms. The summed E-state index contributed by atoms with van der Waals surface area (Å²) < 4.78 is 5.50. The summed E-state index contributed by atoms with van der Waals surface area (Å²) in [6.07, 6.45) is 2.10. The molecule has 2 rings (SSSR count). The van der Waals surface area contributed by atoms with Gasteiger partial charge in [-0.15, -0.1) is 0 Å². The molecule has 0 aromatic heterocycles. The van der Waals surface area contributed by atoms with Gasteiger partial charge in [0.15, 0.2) is 0 Å². The Morgan fingerprint density at radius 1 is 1.38 bits per heavy atom. The molecule has 1 saturated heterocycles. The van der Waals surface area contributed by atoms with Crippen LogP contribution >= 0.6 is 11.6 Å². The molecule has 1 unspecified atom stereocenters. The van der Waals surface area contributed by atoms with Crippen LogP contribution in [0.15, 0.2) is 24.3 Å². The Labute approximate surface area is 101 Å². The van der Waals surface area contributed by atoms with Crippen LogP contribution in [-0.4, -0.2) is 25.3 Å². The summed E-state index contributed by atoms with van der Waals surface area (Å²) in [6.45, 7) is 2.09. The van der Waals surface area contributed by atoms with E-state index in [0.717, 1.165) is 30.2 Å². The summed E-state index contributed by atoms with van der Waals surface area (Å²) in [6, 6.07) is 7.68. The average Bonchev–Trinajstić information content (AvgIpc) is 2.33. The van der Waals surface area contributed by atoms with Gasteiger partial charge >= 0.3 is 0 Å². The quantitative estimate of drug-likeness (QED) is 0.852. The molecule has 3 N–H and O–H groups in total. The molecule has 0 spiro atoms. The van der Waals surface area contributed by atoms with Crippen LogP contribution in [-0.2, 0) is 4.74 Å². The Morgan fingerprint density at radius 2 is 2.12 bits per heavy atom. The second-order valence-corrected chi connectivity index (χ2v) is 4.71. The van der Waals surface area contributed by atoms with Crippen LogP contribution < -0.4 is 11.1 Å². The number of nitrogens with one attached hydrogen (secondary N) is 1. The molecule has 1 atom stereocenters. The Bertz CT molecular complexity index is 333. The minimum atomic E-state index is -0.119. The molecule has 0 radical (unpaired) electrons. The number of rotatable bonds is 3. The Morgan fingerprint density at radius 3 is 2.69 bits per heavy atom. The van der Waals surface area contributed by atoms with Crippen LogP contribution in [0.2, 0.25) is 5.02 Å². The fraction of sp³-hybridized carbons (Fsp3) is 0.500. The first-order valence-corrected chi connectivity index (χ1v) is 5.93. The molecule has 1 heterocycles. The molecular weight excluding hydrogens is 224 g/mol. The summed E-state index contributed by atoms with van der Waals surface area (Å²) in [5, 5.41) is 4.21. The summed E-state index contributed by atoms with van der Waals surface area (Å²) in [4.78, 5) is 0. The van der Waals surface area contributed by atoms with Crippen molar-refractivity contribution >= 4 is 17.3 Å². The second kappa shape index (κ2) is 5.04. The highest BCUT2D eigenvalue weighted by molar-refractivity contribution is 6.30. The van der Waals surface area contributed by atoms with E-state index >= 15 is 0 Å². The summed E-state index contributed by atoms with van der Waals surface area (Å²) >= 11 is 5.85. The Balaban J connectivity index is 2.08. The van der Waals surface area contributed by atoms with Gasteiger partial charge in [-0.1, -0.05) is 11.6 Å². The fourth-order valence-corrected chi connectivity index (χ4v) is 2.13. The number of anilines is 1. The predicted octanol–water partition coefficient (Wildman–Crippen LogP) is 2.26. The van der Waals surface area contributed by atoms with Crippen LogP contribution in [0.3, 0.4) is 0 Å². The van der Waals surface area contributed by atoms with Crippen LogP contribution in [0, 0.1) is 0 Å². The molecule has 0 amide bonds.